The Morgan fingerprint density at radius 1 is 1.03 bits per heavy atom. The van der Waals surface area contributed by atoms with Crippen LogP contribution < -0.4 is 10.9 Å². The lowest BCUT2D eigenvalue weighted by Crippen LogP contribution is -2.23. The van der Waals surface area contributed by atoms with Gasteiger partial charge in [0, 0.05) is 11.2 Å². The van der Waals surface area contributed by atoms with Crippen LogP contribution in [0.5, 0.6) is 0 Å². The Kier molecular flexibility index (Phi) is 6.89. The minimum Gasteiger partial charge on any atom is -0.368 e. The van der Waals surface area contributed by atoms with Crippen LogP contribution in [0.25, 0.3) is 10.9 Å². The summed E-state index contributed by atoms with van der Waals surface area (Å²) in [7, 11) is -3.92. The van der Waals surface area contributed by atoms with Gasteiger partial charge in [0.1, 0.15) is 0 Å². The van der Waals surface area contributed by atoms with Crippen molar-refractivity contribution < 1.29 is 26.8 Å². The number of rotatable bonds is 8. The molecule has 0 aliphatic carbocycles. The Morgan fingerprint density at radius 3 is 2.23 bits per heavy atom. The Hall–Kier alpha value is -2.61. The number of hydrogen-bond donors (Lipinski definition) is 2. The van der Waals surface area contributed by atoms with Crippen molar-refractivity contribution in [1.29, 1.82) is 0 Å². The zero-order valence-corrected chi connectivity index (χ0v) is 17.8. The van der Waals surface area contributed by atoms with Gasteiger partial charge in [-0.05, 0) is 55.6 Å². The fraction of sp³-hybridized carbons (Fsp3) is 0.286. The fourth-order valence-electron chi connectivity index (χ4n) is 3.15. The lowest BCUT2D eigenvalue weighted by atomic mass is 10.1. The molecule has 0 amide bonds. The first-order chi connectivity index (χ1) is 14.7. The quantitative estimate of drug-likeness (QED) is 0.413. The molecule has 2 aromatic carbocycles. The standard InChI is InChI=1S/C21H22F3N2O4P/c1-3-29-31(28,30-4-2)20(25-16-11-9-15(10-12-16)21(22,23)24)17-13-14-7-5-6-8-18(14)26-19(17)27/h5-13,20,25H,3-4H2,1-2H3,(H,26,27). The molecule has 6 nitrogen and oxygen atoms in total. The average molecular weight is 454 g/mol. The molecule has 0 aliphatic rings. The number of fused-ring (bicyclic) bond motifs is 1. The van der Waals surface area contributed by atoms with Crippen LogP contribution in [0, 0.1) is 0 Å². The van der Waals surface area contributed by atoms with Crippen molar-refractivity contribution in [2.24, 2.45) is 0 Å². The Morgan fingerprint density at radius 2 is 1.65 bits per heavy atom. The van der Waals surface area contributed by atoms with Gasteiger partial charge < -0.3 is 19.3 Å². The zero-order chi connectivity index (χ0) is 22.6. The normalized spacial score (nSPS) is 13.3. The molecule has 166 valence electrons. The van der Waals surface area contributed by atoms with Gasteiger partial charge >= 0.3 is 13.8 Å². The molecular formula is C21H22F3N2O4P. The van der Waals surface area contributed by atoms with Crippen LogP contribution in [0.15, 0.2) is 59.4 Å². The van der Waals surface area contributed by atoms with Crippen LogP contribution in [-0.2, 0) is 19.8 Å². The first-order valence-corrected chi connectivity index (χ1v) is 11.2. The molecule has 10 heteroatoms. The first-order valence-electron chi connectivity index (χ1n) is 9.62. The van der Waals surface area contributed by atoms with Crippen molar-refractivity contribution in [3.63, 3.8) is 0 Å². The Bertz CT molecular complexity index is 1140. The van der Waals surface area contributed by atoms with Gasteiger partial charge in [-0.2, -0.15) is 13.2 Å². The predicted octanol–water partition coefficient (Wildman–Crippen LogP) is 5.92. The second kappa shape index (κ2) is 9.26. The number of hydrogen-bond acceptors (Lipinski definition) is 5. The minimum absolute atomic E-state index is 0.0496. The number of H-pyrrole nitrogens is 1. The van der Waals surface area contributed by atoms with E-state index in [0.29, 0.717) is 10.9 Å². The maximum Gasteiger partial charge on any atom is 0.416 e. The Balaban J connectivity index is 2.10. The number of pyridine rings is 1. The molecule has 3 rings (SSSR count). The third-order valence-electron chi connectivity index (χ3n) is 4.53. The number of halogens is 3. The molecule has 0 saturated heterocycles. The third kappa shape index (κ3) is 5.18. The monoisotopic (exact) mass is 454 g/mol. The van der Waals surface area contributed by atoms with Gasteiger partial charge in [0.25, 0.3) is 5.56 Å². The topological polar surface area (TPSA) is 80.4 Å². The van der Waals surface area contributed by atoms with Crippen molar-refractivity contribution in [2.45, 2.75) is 25.8 Å². The highest BCUT2D eigenvalue weighted by molar-refractivity contribution is 7.54. The second-order valence-electron chi connectivity index (χ2n) is 6.64. The molecule has 0 fully saturated rings. The zero-order valence-electron chi connectivity index (χ0n) is 16.9. The molecule has 0 bridgehead atoms. The highest BCUT2D eigenvalue weighted by Gasteiger charge is 2.39. The van der Waals surface area contributed by atoms with Crippen LogP contribution in [0.4, 0.5) is 18.9 Å². The number of benzene rings is 2. The summed E-state index contributed by atoms with van der Waals surface area (Å²) in [6, 6.07) is 12.8. The average Bonchev–Trinajstić information content (AvgIpc) is 2.72. The van der Waals surface area contributed by atoms with Crippen molar-refractivity contribution in [3.8, 4) is 0 Å². The summed E-state index contributed by atoms with van der Waals surface area (Å²) in [4.78, 5) is 15.6. The summed E-state index contributed by atoms with van der Waals surface area (Å²) in [5.41, 5.74) is -0.431. The smallest absolute Gasteiger partial charge is 0.368 e. The SMILES string of the molecule is CCOP(=O)(OCC)C(Nc1ccc(C(F)(F)F)cc1)c1cc2ccccc2[nH]c1=O. The van der Waals surface area contributed by atoms with Crippen LogP contribution in [-0.4, -0.2) is 18.2 Å². The molecule has 3 aromatic rings. The number of aromatic amines is 1. The van der Waals surface area contributed by atoms with Gasteiger partial charge in [-0.25, -0.2) is 0 Å². The van der Waals surface area contributed by atoms with Crippen LogP contribution in [0.1, 0.15) is 30.8 Å². The number of alkyl halides is 3. The van der Waals surface area contributed by atoms with Gasteiger partial charge in [-0.15, -0.1) is 0 Å². The van der Waals surface area contributed by atoms with Crippen LogP contribution in [0.3, 0.4) is 0 Å². The van der Waals surface area contributed by atoms with E-state index in [1.165, 1.54) is 12.1 Å². The highest BCUT2D eigenvalue weighted by atomic mass is 31.2. The lowest BCUT2D eigenvalue weighted by Gasteiger charge is -2.28. The molecular weight excluding hydrogens is 432 g/mol. The van der Waals surface area contributed by atoms with Gasteiger partial charge in [-0.3, -0.25) is 9.36 Å². The fourth-order valence-corrected chi connectivity index (χ4v) is 5.09. The Labute approximate surface area is 176 Å². The maximum atomic E-state index is 13.6. The summed E-state index contributed by atoms with van der Waals surface area (Å²) in [6.07, 6.45) is -4.49. The lowest BCUT2D eigenvalue weighted by molar-refractivity contribution is -0.137. The highest BCUT2D eigenvalue weighted by Crippen LogP contribution is 2.60. The minimum atomic E-state index is -4.49. The predicted molar refractivity (Wildman–Crippen MR) is 113 cm³/mol. The van der Waals surface area contributed by atoms with E-state index in [4.69, 9.17) is 9.05 Å². The van der Waals surface area contributed by atoms with E-state index in [1.807, 2.05) is 0 Å². The van der Waals surface area contributed by atoms with E-state index in [9.17, 15) is 22.5 Å². The summed E-state index contributed by atoms with van der Waals surface area (Å²) in [5.74, 6) is -1.24. The van der Waals surface area contributed by atoms with Crippen molar-refractivity contribution >= 4 is 24.2 Å². The van der Waals surface area contributed by atoms with Crippen LogP contribution in [0.2, 0.25) is 0 Å². The van der Waals surface area contributed by atoms with E-state index in [0.717, 1.165) is 12.1 Å². The molecule has 31 heavy (non-hydrogen) atoms. The van der Waals surface area contributed by atoms with Crippen molar-refractivity contribution in [3.05, 3.63) is 76.1 Å². The first kappa shape index (κ1) is 23.1. The van der Waals surface area contributed by atoms with Gasteiger partial charge in [0.15, 0.2) is 5.78 Å². The second-order valence-corrected chi connectivity index (χ2v) is 8.75. The van der Waals surface area contributed by atoms with Crippen molar-refractivity contribution in [2.75, 3.05) is 18.5 Å². The van der Waals surface area contributed by atoms with Gasteiger partial charge in [0.2, 0.25) is 0 Å². The number of para-hydroxylation sites is 1. The number of nitrogens with one attached hydrogen (secondary N) is 2. The third-order valence-corrected chi connectivity index (χ3v) is 6.80. The molecule has 0 aliphatic heterocycles. The number of anilines is 1. The van der Waals surface area contributed by atoms with E-state index in [1.54, 1.807) is 44.2 Å². The van der Waals surface area contributed by atoms with Gasteiger partial charge in [0.05, 0.1) is 24.3 Å². The molecule has 2 N–H and O–H groups in total. The largest absolute Gasteiger partial charge is 0.416 e. The summed E-state index contributed by atoms with van der Waals surface area (Å²) < 4.78 is 63.1. The summed E-state index contributed by atoms with van der Waals surface area (Å²) >= 11 is 0. The van der Waals surface area contributed by atoms with Gasteiger partial charge in [-0.1, -0.05) is 18.2 Å². The van der Waals surface area contributed by atoms with Crippen LogP contribution >= 0.6 is 7.60 Å². The molecule has 1 unspecified atom stereocenters. The summed E-state index contributed by atoms with van der Waals surface area (Å²) in [5, 5.41) is 3.58. The summed E-state index contributed by atoms with van der Waals surface area (Å²) in [6.45, 7) is 3.36. The molecule has 1 heterocycles. The van der Waals surface area contributed by atoms with Crippen molar-refractivity contribution in [1.82, 2.24) is 4.98 Å². The van der Waals surface area contributed by atoms with E-state index in [-0.39, 0.29) is 24.5 Å². The molecule has 0 radical (unpaired) electrons. The molecule has 0 saturated carbocycles. The maximum absolute atomic E-state index is 13.6. The van der Waals surface area contributed by atoms with E-state index < -0.39 is 30.7 Å². The number of aromatic nitrogens is 1. The molecule has 0 spiro atoms. The molecule has 1 atom stereocenters. The van der Waals surface area contributed by atoms with E-state index in [2.05, 4.69) is 10.3 Å². The van der Waals surface area contributed by atoms with E-state index >= 15 is 0 Å². The molecule has 1 aromatic heterocycles.